The standard InChI is InChI=1S/C14H16Cl2N2O/c15-9-3-8(4-10(16)5-9)12-6-13(12)14(19)18-11-1-2-17-7-11/h3-5,11-13,17H,1-2,6-7H2,(H,18,19). The van der Waals surface area contributed by atoms with Crippen molar-refractivity contribution < 1.29 is 4.79 Å². The van der Waals surface area contributed by atoms with Gasteiger partial charge in [0.25, 0.3) is 0 Å². The Morgan fingerprint density at radius 2 is 2.00 bits per heavy atom. The number of carbonyl (C=O) groups is 1. The number of carbonyl (C=O) groups excluding carboxylic acids is 1. The summed E-state index contributed by atoms with van der Waals surface area (Å²) in [5.41, 5.74) is 1.07. The zero-order valence-electron chi connectivity index (χ0n) is 10.5. The minimum absolute atomic E-state index is 0.0788. The topological polar surface area (TPSA) is 41.1 Å². The van der Waals surface area contributed by atoms with Crippen LogP contribution in [0.1, 0.15) is 24.3 Å². The minimum Gasteiger partial charge on any atom is -0.352 e. The molecule has 3 unspecified atom stereocenters. The van der Waals surface area contributed by atoms with Crippen LogP contribution in [0.2, 0.25) is 10.0 Å². The highest BCUT2D eigenvalue weighted by Gasteiger charge is 2.44. The molecule has 1 aromatic rings. The van der Waals surface area contributed by atoms with Crippen LogP contribution in [0, 0.1) is 5.92 Å². The van der Waals surface area contributed by atoms with Gasteiger partial charge in [-0.1, -0.05) is 23.2 Å². The summed E-state index contributed by atoms with van der Waals surface area (Å²) in [5, 5.41) is 7.61. The molecule has 2 aliphatic rings. The predicted octanol–water partition coefficient (Wildman–Crippen LogP) is 2.58. The van der Waals surface area contributed by atoms with Crippen molar-refractivity contribution in [3.63, 3.8) is 0 Å². The predicted molar refractivity (Wildman–Crippen MR) is 76.7 cm³/mol. The third-order valence-corrected chi connectivity index (χ3v) is 4.28. The van der Waals surface area contributed by atoms with E-state index in [0.29, 0.717) is 10.0 Å². The zero-order chi connectivity index (χ0) is 13.4. The summed E-state index contributed by atoms with van der Waals surface area (Å²) in [6.45, 7) is 1.87. The lowest BCUT2D eigenvalue weighted by Gasteiger charge is -2.11. The van der Waals surface area contributed by atoms with Crippen molar-refractivity contribution in [2.24, 2.45) is 5.92 Å². The molecule has 1 aliphatic heterocycles. The monoisotopic (exact) mass is 298 g/mol. The maximum absolute atomic E-state index is 12.1. The van der Waals surface area contributed by atoms with Gasteiger partial charge in [-0.3, -0.25) is 4.79 Å². The lowest BCUT2D eigenvalue weighted by Crippen LogP contribution is -2.37. The van der Waals surface area contributed by atoms with E-state index >= 15 is 0 Å². The molecule has 1 aliphatic carbocycles. The van der Waals surface area contributed by atoms with Gasteiger partial charge in [0.05, 0.1) is 0 Å². The molecule has 0 aromatic heterocycles. The zero-order valence-corrected chi connectivity index (χ0v) is 12.0. The molecular formula is C14H16Cl2N2O. The van der Waals surface area contributed by atoms with Crippen LogP contribution in [0.25, 0.3) is 0 Å². The Bertz CT molecular complexity index is 480. The molecule has 3 atom stereocenters. The number of hydrogen-bond donors (Lipinski definition) is 2. The fourth-order valence-corrected chi connectivity index (χ4v) is 3.27. The average molecular weight is 299 g/mol. The summed E-state index contributed by atoms with van der Waals surface area (Å²) < 4.78 is 0. The first-order valence-electron chi connectivity index (χ1n) is 6.60. The van der Waals surface area contributed by atoms with Crippen molar-refractivity contribution in [2.75, 3.05) is 13.1 Å². The molecule has 2 N–H and O–H groups in total. The normalized spacial score (nSPS) is 29.3. The second kappa shape index (κ2) is 5.31. The Kier molecular flexibility index (Phi) is 3.70. The van der Waals surface area contributed by atoms with Crippen LogP contribution in [-0.2, 0) is 4.79 Å². The van der Waals surface area contributed by atoms with E-state index < -0.39 is 0 Å². The van der Waals surface area contributed by atoms with E-state index in [4.69, 9.17) is 23.2 Å². The summed E-state index contributed by atoms with van der Waals surface area (Å²) in [6, 6.07) is 5.82. The molecule has 102 valence electrons. The average Bonchev–Trinajstić information content (AvgIpc) is 3.00. The summed E-state index contributed by atoms with van der Waals surface area (Å²) in [5.74, 6) is 0.510. The Morgan fingerprint density at radius 3 is 2.63 bits per heavy atom. The quantitative estimate of drug-likeness (QED) is 0.900. The first kappa shape index (κ1) is 13.2. The van der Waals surface area contributed by atoms with Gasteiger partial charge >= 0.3 is 0 Å². The van der Waals surface area contributed by atoms with E-state index in [-0.39, 0.29) is 23.8 Å². The first-order valence-corrected chi connectivity index (χ1v) is 7.36. The largest absolute Gasteiger partial charge is 0.352 e. The second-order valence-electron chi connectivity index (χ2n) is 5.35. The molecular weight excluding hydrogens is 283 g/mol. The molecule has 5 heteroatoms. The molecule has 0 spiro atoms. The Hall–Kier alpha value is -0.770. The van der Waals surface area contributed by atoms with E-state index in [1.54, 1.807) is 6.07 Å². The number of nitrogens with one attached hydrogen (secondary N) is 2. The van der Waals surface area contributed by atoms with Gasteiger partial charge in [-0.25, -0.2) is 0 Å². The minimum atomic E-state index is 0.0788. The highest BCUT2D eigenvalue weighted by Crippen LogP contribution is 2.48. The number of benzene rings is 1. The van der Waals surface area contributed by atoms with Crippen LogP contribution >= 0.6 is 23.2 Å². The number of rotatable bonds is 3. The maximum Gasteiger partial charge on any atom is 0.224 e. The van der Waals surface area contributed by atoms with Gasteiger partial charge in [-0.2, -0.15) is 0 Å². The molecule has 3 nitrogen and oxygen atoms in total. The summed E-state index contributed by atoms with van der Waals surface area (Å²) in [7, 11) is 0. The fraction of sp³-hybridized carbons (Fsp3) is 0.500. The van der Waals surface area contributed by atoms with Crippen LogP contribution in [0.4, 0.5) is 0 Å². The lowest BCUT2D eigenvalue weighted by molar-refractivity contribution is -0.123. The molecule has 1 aromatic carbocycles. The van der Waals surface area contributed by atoms with Gasteiger partial charge in [-0.05, 0) is 49.1 Å². The third kappa shape index (κ3) is 3.04. The van der Waals surface area contributed by atoms with Crippen molar-refractivity contribution in [3.05, 3.63) is 33.8 Å². The Labute approximate surface area is 122 Å². The van der Waals surface area contributed by atoms with E-state index in [9.17, 15) is 4.79 Å². The Balaban J connectivity index is 1.61. The number of halogens is 2. The number of hydrogen-bond acceptors (Lipinski definition) is 2. The first-order chi connectivity index (χ1) is 9.13. The highest BCUT2D eigenvalue weighted by atomic mass is 35.5. The van der Waals surface area contributed by atoms with Gasteiger partial charge in [-0.15, -0.1) is 0 Å². The molecule has 0 bridgehead atoms. The van der Waals surface area contributed by atoms with Crippen molar-refractivity contribution in [2.45, 2.75) is 24.8 Å². The van der Waals surface area contributed by atoms with E-state index in [0.717, 1.165) is 31.5 Å². The van der Waals surface area contributed by atoms with Crippen molar-refractivity contribution in [1.29, 1.82) is 0 Å². The fourth-order valence-electron chi connectivity index (χ4n) is 2.73. The van der Waals surface area contributed by atoms with Gasteiger partial charge in [0.15, 0.2) is 0 Å². The smallest absolute Gasteiger partial charge is 0.224 e. The molecule has 19 heavy (non-hydrogen) atoms. The van der Waals surface area contributed by atoms with E-state index in [2.05, 4.69) is 10.6 Å². The molecule has 1 heterocycles. The van der Waals surface area contributed by atoms with Crippen LogP contribution in [-0.4, -0.2) is 25.0 Å². The van der Waals surface area contributed by atoms with Crippen molar-refractivity contribution in [3.8, 4) is 0 Å². The second-order valence-corrected chi connectivity index (χ2v) is 6.22. The molecule has 2 fully saturated rings. The maximum atomic E-state index is 12.1. The number of amides is 1. The molecule has 3 rings (SSSR count). The van der Waals surface area contributed by atoms with Gasteiger partial charge in [0.2, 0.25) is 5.91 Å². The highest BCUT2D eigenvalue weighted by molar-refractivity contribution is 6.34. The summed E-state index contributed by atoms with van der Waals surface area (Å²) in [6.07, 6.45) is 1.91. The molecule has 1 saturated carbocycles. The van der Waals surface area contributed by atoms with Crippen LogP contribution in [0.3, 0.4) is 0 Å². The van der Waals surface area contributed by atoms with Gasteiger partial charge < -0.3 is 10.6 Å². The molecule has 1 saturated heterocycles. The van der Waals surface area contributed by atoms with Crippen LogP contribution in [0.5, 0.6) is 0 Å². The third-order valence-electron chi connectivity index (χ3n) is 3.85. The van der Waals surface area contributed by atoms with Crippen molar-refractivity contribution >= 4 is 29.1 Å². The van der Waals surface area contributed by atoms with E-state index in [1.807, 2.05) is 12.1 Å². The SMILES string of the molecule is O=C(NC1CCNC1)C1CC1c1cc(Cl)cc(Cl)c1. The summed E-state index contributed by atoms with van der Waals surface area (Å²) in [4.78, 5) is 12.1. The lowest BCUT2D eigenvalue weighted by atomic mass is 10.1. The van der Waals surface area contributed by atoms with Crippen LogP contribution < -0.4 is 10.6 Å². The van der Waals surface area contributed by atoms with Gasteiger partial charge in [0, 0.05) is 28.5 Å². The molecule has 1 amide bonds. The van der Waals surface area contributed by atoms with Crippen LogP contribution in [0.15, 0.2) is 18.2 Å². The summed E-state index contributed by atoms with van der Waals surface area (Å²) >= 11 is 12.0. The van der Waals surface area contributed by atoms with Crippen molar-refractivity contribution in [1.82, 2.24) is 10.6 Å². The van der Waals surface area contributed by atoms with Gasteiger partial charge in [0.1, 0.15) is 0 Å². The van der Waals surface area contributed by atoms with E-state index in [1.165, 1.54) is 0 Å². The molecule has 0 radical (unpaired) electrons. The Morgan fingerprint density at radius 1 is 1.26 bits per heavy atom.